The van der Waals surface area contributed by atoms with E-state index in [0.29, 0.717) is 16.7 Å². The molecule has 0 aromatic heterocycles. The molecule has 0 saturated heterocycles. The molecular formula is C14H8ClF4NO. The third-order valence-electron chi connectivity index (χ3n) is 2.78. The second kappa shape index (κ2) is 5.73. The molecule has 0 unspecified atom stereocenters. The molecule has 0 heterocycles. The first-order chi connectivity index (χ1) is 9.81. The highest BCUT2D eigenvalue weighted by Crippen LogP contribution is 2.23. The zero-order valence-electron chi connectivity index (χ0n) is 10.6. The third-order valence-corrected chi connectivity index (χ3v) is 3.02. The molecule has 1 amide bonds. The lowest BCUT2D eigenvalue weighted by Gasteiger charge is -2.10. The molecule has 0 saturated carbocycles. The molecule has 0 aliphatic heterocycles. The Hall–Kier alpha value is -2.08. The summed E-state index contributed by atoms with van der Waals surface area (Å²) in [6.45, 7) is 1.63. The minimum absolute atomic E-state index is 0.286. The van der Waals surface area contributed by atoms with E-state index in [-0.39, 0.29) is 5.69 Å². The number of carbonyl (C=O) groups excluding carboxylic acids is 1. The molecule has 0 bridgehead atoms. The van der Waals surface area contributed by atoms with Crippen molar-refractivity contribution in [1.82, 2.24) is 0 Å². The van der Waals surface area contributed by atoms with Crippen molar-refractivity contribution in [2.75, 3.05) is 5.32 Å². The summed E-state index contributed by atoms with van der Waals surface area (Å²) in [4.78, 5) is 11.8. The number of benzene rings is 2. The third kappa shape index (κ3) is 3.00. The Bertz CT molecular complexity index is 733. The molecule has 0 atom stereocenters. The predicted molar refractivity (Wildman–Crippen MR) is 70.4 cm³/mol. The van der Waals surface area contributed by atoms with Crippen molar-refractivity contribution in [2.24, 2.45) is 0 Å². The Kier molecular flexibility index (Phi) is 4.18. The van der Waals surface area contributed by atoms with Crippen LogP contribution in [0.2, 0.25) is 5.02 Å². The molecule has 1 N–H and O–H groups in total. The van der Waals surface area contributed by atoms with Gasteiger partial charge >= 0.3 is 0 Å². The van der Waals surface area contributed by atoms with Crippen LogP contribution in [0.4, 0.5) is 23.2 Å². The van der Waals surface area contributed by atoms with Crippen LogP contribution in [0.25, 0.3) is 0 Å². The van der Waals surface area contributed by atoms with Gasteiger partial charge in [-0.2, -0.15) is 0 Å². The number of hydrogen-bond donors (Lipinski definition) is 1. The highest BCUT2D eigenvalue weighted by atomic mass is 35.5. The van der Waals surface area contributed by atoms with E-state index in [2.05, 4.69) is 5.32 Å². The van der Waals surface area contributed by atoms with E-state index < -0.39 is 34.7 Å². The molecule has 0 spiro atoms. The van der Waals surface area contributed by atoms with Gasteiger partial charge in [-0.15, -0.1) is 0 Å². The maximum Gasteiger partial charge on any atom is 0.258 e. The summed E-state index contributed by atoms with van der Waals surface area (Å²) < 4.78 is 52.5. The minimum atomic E-state index is -2.03. The zero-order chi connectivity index (χ0) is 15.7. The normalized spacial score (nSPS) is 10.6. The molecular weight excluding hydrogens is 310 g/mol. The fraction of sp³-hybridized carbons (Fsp3) is 0.0714. The predicted octanol–water partition coefficient (Wildman–Crippen LogP) is 4.46. The number of hydrogen-bond acceptors (Lipinski definition) is 1. The summed E-state index contributed by atoms with van der Waals surface area (Å²) in [6.07, 6.45) is 0. The summed E-state index contributed by atoms with van der Waals surface area (Å²) >= 11 is 5.74. The maximum absolute atomic E-state index is 13.5. The van der Waals surface area contributed by atoms with Crippen LogP contribution in [-0.2, 0) is 0 Å². The van der Waals surface area contributed by atoms with E-state index in [0.717, 1.165) is 0 Å². The van der Waals surface area contributed by atoms with Gasteiger partial charge in [0.1, 0.15) is 0 Å². The topological polar surface area (TPSA) is 29.1 Å². The summed E-state index contributed by atoms with van der Waals surface area (Å²) in [5, 5.41) is 2.70. The second-order valence-corrected chi connectivity index (χ2v) is 4.70. The lowest BCUT2D eigenvalue weighted by Crippen LogP contribution is -2.16. The van der Waals surface area contributed by atoms with Crippen molar-refractivity contribution in [2.45, 2.75) is 6.92 Å². The fourth-order valence-electron chi connectivity index (χ4n) is 1.70. The zero-order valence-corrected chi connectivity index (χ0v) is 11.4. The summed E-state index contributed by atoms with van der Waals surface area (Å²) in [5.41, 5.74) is -0.0750. The van der Waals surface area contributed by atoms with Crippen LogP contribution in [0.3, 0.4) is 0 Å². The van der Waals surface area contributed by atoms with Crippen molar-refractivity contribution in [3.8, 4) is 0 Å². The number of anilines is 1. The quantitative estimate of drug-likeness (QED) is 0.494. The Labute approximate surface area is 122 Å². The minimum Gasteiger partial charge on any atom is -0.322 e. The Morgan fingerprint density at radius 3 is 2.33 bits per heavy atom. The van der Waals surface area contributed by atoms with Crippen molar-refractivity contribution >= 4 is 23.2 Å². The largest absolute Gasteiger partial charge is 0.322 e. The van der Waals surface area contributed by atoms with Gasteiger partial charge in [0.25, 0.3) is 5.91 Å². The van der Waals surface area contributed by atoms with Crippen LogP contribution in [0.5, 0.6) is 0 Å². The van der Waals surface area contributed by atoms with Gasteiger partial charge in [-0.05, 0) is 36.8 Å². The average Bonchev–Trinajstić information content (AvgIpc) is 2.43. The van der Waals surface area contributed by atoms with Gasteiger partial charge in [-0.1, -0.05) is 11.6 Å². The average molecular weight is 318 g/mol. The lowest BCUT2D eigenvalue weighted by atomic mass is 10.1. The van der Waals surface area contributed by atoms with Crippen LogP contribution in [0.15, 0.2) is 24.3 Å². The van der Waals surface area contributed by atoms with Crippen LogP contribution >= 0.6 is 11.6 Å². The lowest BCUT2D eigenvalue weighted by molar-refractivity contribution is 0.102. The van der Waals surface area contributed by atoms with E-state index in [1.54, 1.807) is 13.0 Å². The molecule has 2 aromatic rings. The number of nitrogens with one attached hydrogen (secondary N) is 1. The van der Waals surface area contributed by atoms with Crippen molar-refractivity contribution < 1.29 is 22.4 Å². The summed E-state index contributed by atoms with van der Waals surface area (Å²) in [7, 11) is 0. The van der Waals surface area contributed by atoms with Crippen LogP contribution in [0.1, 0.15) is 15.9 Å². The first-order valence-electron chi connectivity index (χ1n) is 5.71. The Morgan fingerprint density at radius 2 is 1.71 bits per heavy atom. The van der Waals surface area contributed by atoms with Gasteiger partial charge in [0.05, 0.1) is 5.56 Å². The SMILES string of the molecule is Cc1cc(Cl)ccc1NC(=O)c1cc(F)c(F)c(F)c1F. The second-order valence-electron chi connectivity index (χ2n) is 4.26. The summed E-state index contributed by atoms with van der Waals surface area (Å²) in [6, 6.07) is 4.77. The standard InChI is InChI=1S/C14H8ClF4NO/c1-6-4-7(15)2-3-10(6)20-14(21)8-5-9(16)12(18)13(19)11(8)17/h2-5H,1H3,(H,20,21). The van der Waals surface area contributed by atoms with Gasteiger partial charge in [0.2, 0.25) is 0 Å². The van der Waals surface area contributed by atoms with Crippen molar-refractivity contribution in [3.63, 3.8) is 0 Å². The summed E-state index contributed by atoms with van der Waals surface area (Å²) in [5.74, 6) is -8.50. The Morgan fingerprint density at radius 1 is 1.05 bits per heavy atom. The van der Waals surface area contributed by atoms with Crippen LogP contribution in [0, 0.1) is 30.2 Å². The van der Waals surface area contributed by atoms with E-state index in [1.807, 2.05) is 0 Å². The number of aryl methyl sites for hydroxylation is 1. The maximum atomic E-state index is 13.5. The van der Waals surface area contributed by atoms with Gasteiger partial charge in [-0.3, -0.25) is 4.79 Å². The number of rotatable bonds is 2. The molecule has 0 aliphatic carbocycles. The molecule has 0 aliphatic rings. The van der Waals surface area contributed by atoms with E-state index in [9.17, 15) is 22.4 Å². The molecule has 0 fully saturated rings. The van der Waals surface area contributed by atoms with E-state index in [4.69, 9.17) is 11.6 Å². The van der Waals surface area contributed by atoms with E-state index in [1.165, 1.54) is 12.1 Å². The highest BCUT2D eigenvalue weighted by molar-refractivity contribution is 6.30. The first kappa shape index (κ1) is 15.3. The monoisotopic (exact) mass is 317 g/mol. The van der Waals surface area contributed by atoms with Gasteiger partial charge in [-0.25, -0.2) is 17.6 Å². The molecule has 2 rings (SSSR count). The fourth-order valence-corrected chi connectivity index (χ4v) is 1.92. The number of amides is 1. The molecule has 7 heteroatoms. The van der Waals surface area contributed by atoms with Gasteiger partial charge in [0, 0.05) is 10.7 Å². The molecule has 0 radical (unpaired) electrons. The number of carbonyl (C=O) groups is 1. The van der Waals surface area contributed by atoms with Gasteiger partial charge in [0.15, 0.2) is 23.3 Å². The molecule has 21 heavy (non-hydrogen) atoms. The molecule has 2 aromatic carbocycles. The van der Waals surface area contributed by atoms with Crippen molar-refractivity contribution in [1.29, 1.82) is 0 Å². The molecule has 2 nitrogen and oxygen atoms in total. The highest BCUT2D eigenvalue weighted by Gasteiger charge is 2.23. The smallest absolute Gasteiger partial charge is 0.258 e. The van der Waals surface area contributed by atoms with Crippen molar-refractivity contribution in [3.05, 3.63) is 63.7 Å². The van der Waals surface area contributed by atoms with Gasteiger partial charge < -0.3 is 5.32 Å². The number of halogens is 5. The van der Waals surface area contributed by atoms with Crippen LogP contribution in [-0.4, -0.2) is 5.91 Å². The first-order valence-corrected chi connectivity index (χ1v) is 6.09. The molecule has 110 valence electrons. The Balaban J connectivity index is 2.37. The van der Waals surface area contributed by atoms with E-state index >= 15 is 0 Å². The van der Waals surface area contributed by atoms with Crippen LogP contribution < -0.4 is 5.32 Å².